The van der Waals surface area contributed by atoms with Gasteiger partial charge in [-0.2, -0.15) is 0 Å². The van der Waals surface area contributed by atoms with E-state index in [9.17, 15) is 8.78 Å². The number of aryl methyl sites for hydroxylation is 1. The van der Waals surface area contributed by atoms with Crippen LogP contribution in [0.1, 0.15) is 30.1 Å². The first-order chi connectivity index (χ1) is 12.1. The zero-order chi connectivity index (χ0) is 17.4. The first kappa shape index (κ1) is 16.2. The van der Waals surface area contributed by atoms with Gasteiger partial charge in [0.2, 0.25) is 0 Å². The lowest BCUT2D eigenvalue weighted by atomic mass is 9.89. The van der Waals surface area contributed by atoms with Gasteiger partial charge < -0.3 is 4.57 Å². The molecule has 0 bridgehead atoms. The molecule has 3 aromatic rings. The second-order valence-electron chi connectivity index (χ2n) is 6.77. The van der Waals surface area contributed by atoms with E-state index in [0.29, 0.717) is 12.1 Å². The van der Waals surface area contributed by atoms with E-state index in [4.69, 9.17) is 0 Å². The number of benzene rings is 2. The molecule has 4 rings (SSSR count). The molecule has 1 fully saturated rings. The third kappa shape index (κ3) is 3.04. The lowest BCUT2D eigenvalue weighted by Crippen LogP contribution is -2.33. The Hall–Kier alpha value is -2.27. The van der Waals surface area contributed by atoms with Crippen LogP contribution in [0, 0.1) is 11.6 Å². The Labute approximate surface area is 145 Å². The van der Waals surface area contributed by atoms with Crippen LogP contribution in [0.25, 0.3) is 11.0 Å². The van der Waals surface area contributed by atoms with E-state index in [0.717, 1.165) is 42.8 Å². The zero-order valence-electron chi connectivity index (χ0n) is 14.3. The summed E-state index contributed by atoms with van der Waals surface area (Å²) in [4.78, 5) is 6.80. The fourth-order valence-electron chi connectivity index (χ4n) is 3.78. The molecule has 3 nitrogen and oxygen atoms in total. The predicted molar refractivity (Wildman–Crippen MR) is 94.3 cm³/mol. The van der Waals surface area contributed by atoms with Crippen molar-refractivity contribution in [3.05, 3.63) is 65.5 Å². The monoisotopic (exact) mass is 341 g/mol. The van der Waals surface area contributed by atoms with Crippen LogP contribution >= 0.6 is 0 Å². The van der Waals surface area contributed by atoms with E-state index in [1.807, 2.05) is 29.8 Å². The molecule has 0 unspecified atom stereocenters. The summed E-state index contributed by atoms with van der Waals surface area (Å²) < 4.78 is 29.8. The van der Waals surface area contributed by atoms with Gasteiger partial charge in [0, 0.05) is 7.05 Å². The van der Waals surface area contributed by atoms with Gasteiger partial charge in [0.15, 0.2) is 5.82 Å². The lowest BCUT2D eigenvalue weighted by Gasteiger charge is -2.32. The van der Waals surface area contributed by atoms with Crippen molar-refractivity contribution in [2.75, 3.05) is 13.1 Å². The van der Waals surface area contributed by atoms with Crippen molar-refractivity contribution >= 4 is 11.0 Å². The molecule has 0 radical (unpaired) electrons. The average Bonchev–Trinajstić information content (AvgIpc) is 2.94. The molecule has 0 spiro atoms. The third-order valence-corrected chi connectivity index (χ3v) is 5.25. The van der Waals surface area contributed by atoms with Crippen molar-refractivity contribution in [1.82, 2.24) is 14.5 Å². The first-order valence-electron chi connectivity index (χ1n) is 8.70. The maximum Gasteiger partial charge on any atom is 0.151 e. The van der Waals surface area contributed by atoms with Gasteiger partial charge in [-0.05, 0) is 55.6 Å². The zero-order valence-corrected chi connectivity index (χ0v) is 14.3. The second-order valence-corrected chi connectivity index (χ2v) is 6.77. The normalized spacial score (nSPS) is 16.6. The second kappa shape index (κ2) is 6.56. The molecule has 0 aliphatic carbocycles. The van der Waals surface area contributed by atoms with Crippen LogP contribution in [0.2, 0.25) is 0 Å². The van der Waals surface area contributed by atoms with Gasteiger partial charge in [0.05, 0.1) is 12.1 Å². The minimum Gasteiger partial charge on any atom is -0.330 e. The number of hydrogen-bond donors (Lipinski definition) is 0. The molecule has 0 atom stereocenters. The predicted octanol–water partition coefficient (Wildman–Crippen LogP) is 4.23. The van der Waals surface area contributed by atoms with E-state index in [2.05, 4.69) is 9.88 Å². The molecule has 0 saturated carbocycles. The molecule has 130 valence electrons. The molecule has 1 aliphatic rings. The maximum absolute atomic E-state index is 14.0. The Morgan fingerprint density at radius 1 is 1.00 bits per heavy atom. The van der Waals surface area contributed by atoms with Crippen LogP contribution in [0.15, 0.2) is 42.5 Å². The van der Waals surface area contributed by atoms with Crippen LogP contribution in [0.3, 0.4) is 0 Å². The van der Waals surface area contributed by atoms with Gasteiger partial charge in [-0.1, -0.05) is 24.3 Å². The fourth-order valence-corrected chi connectivity index (χ4v) is 3.78. The van der Waals surface area contributed by atoms with E-state index in [1.165, 1.54) is 12.1 Å². The maximum atomic E-state index is 14.0. The quantitative estimate of drug-likeness (QED) is 0.711. The molecule has 25 heavy (non-hydrogen) atoms. The van der Waals surface area contributed by atoms with Gasteiger partial charge in [-0.3, -0.25) is 4.90 Å². The minimum absolute atomic E-state index is 0.105. The highest BCUT2D eigenvalue weighted by Gasteiger charge is 2.24. The highest BCUT2D eigenvalue weighted by molar-refractivity contribution is 5.76. The Kier molecular flexibility index (Phi) is 4.25. The third-order valence-electron chi connectivity index (χ3n) is 5.25. The van der Waals surface area contributed by atoms with E-state index in [-0.39, 0.29) is 17.6 Å². The van der Waals surface area contributed by atoms with Crippen LogP contribution < -0.4 is 0 Å². The molecule has 0 amide bonds. The standard InChI is InChI=1S/C20H21F2N3/c1-24-18-8-4-7-17(22)20(18)23-19(24)13-25-11-9-14(10-12-25)15-5-2-3-6-16(15)21/h2-8,14H,9-13H2,1H3. The Bertz CT molecular complexity index is 895. The number of piperidine rings is 1. The van der Waals surface area contributed by atoms with Crippen LogP contribution in [-0.4, -0.2) is 27.5 Å². The van der Waals surface area contributed by atoms with Crippen LogP contribution in [-0.2, 0) is 13.6 Å². The van der Waals surface area contributed by atoms with Gasteiger partial charge in [-0.15, -0.1) is 0 Å². The molecule has 2 heterocycles. The molecule has 1 aliphatic heterocycles. The van der Waals surface area contributed by atoms with E-state index >= 15 is 0 Å². The highest BCUT2D eigenvalue weighted by Crippen LogP contribution is 2.30. The number of para-hydroxylation sites is 1. The van der Waals surface area contributed by atoms with Crippen molar-refractivity contribution < 1.29 is 8.78 Å². The van der Waals surface area contributed by atoms with Gasteiger partial charge in [-0.25, -0.2) is 13.8 Å². The molecule has 2 aromatic carbocycles. The number of imidazole rings is 1. The number of nitrogens with zero attached hydrogens (tertiary/aromatic N) is 3. The van der Waals surface area contributed by atoms with E-state index < -0.39 is 0 Å². The highest BCUT2D eigenvalue weighted by atomic mass is 19.1. The Balaban J connectivity index is 1.46. The van der Waals surface area contributed by atoms with Crippen molar-refractivity contribution in [1.29, 1.82) is 0 Å². The summed E-state index contributed by atoms with van der Waals surface area (Å²) in [5.74, 6) is 0.754. The minimum atomic E-state index is -0.280. The van der Waals surface area contributed by atoms with Crippen molar-refractivity contribution in [3.8, 4) is 0 Å². The SMILES string of the molecule is Cn1c(CN2CCC(c3ccccc3F)CC2)nc2c(F)cccc21. The number of fused-ring (bicyclic) bond motifs is 1. The molecule has 1 saturated heterocycles. The number of aromatic nitrogens is 2. The molecular weight excluding hydrogens is 320 g/mol. The summed E-state index contributed by atoms with van der Waals surface area (Å²) in [5.41, 5.74) is 2.07. The van der Waals surface area contributed by atoms with Crippen molar-refractivity contribution in [2.24, 2.45) is 7.05 Å². The van der Waals surface area contributed by atoms with Crippen molar-refractivity contribution in [2.45, 2.75) is 25.3 Å². The smallest absolute Gasteiger partial charge is 0.151 e. The summed E-state index contributed by atoms with van der Waals surface area (Å²) >= 11 is 0. The van der Waals surface area contributed by atoms with Gasteiger partial charge >= 0.3 is 0 Å². The summed E-state index contributed by atoms with van der Waals surface area (Å²) in [6.45, 7) is 2.48. The fraction of sp³-hybridized carbons (Fsp3) is 0.350. The molecule has 0 N–H and O–H groups in total. The molecule has 5 heteroatoms. The van der Waals surface area contributed by atoms with E-state index in [1.54, 1.807) is 12.1 Å². The number of likely N-dealkylation sites (tertiary alicyclic amines) is 1. The summed E-state index contributed by atoms with van der Waals surface area (Å²) in [6, 6.07) is 12.1. The average molecular weight is 341 g/mol. The number of halogens is 2. The molecule has 1 aromatic heterocycles. The Morgan fingerprint density at radius 3 is 2.44 bits per heavy atom. The topological polar surface area (TPSA) is 21.1 Å². The van der Waals surface area contributed by atoms with Gasteiger partial charge in [0.25, 0.3) is 0 Å². The lowest BCUT2D eigenvalue weighted by molar-refractivity contribution is 0.197. The summed E-state index contributed by atoms with van der Waals surface area (Å²) in [7, 11) is 1.93. The van der Waals surface area contributed by atoms with Gasteiger partial charge in [0.1, 0.15) is 17.2 Å². The van der Waals surface area contributed by atoms with Crippen LogP contribution in [0.4, 0.5) is 8.78 Å². The number of hydrogen-bond acceptors (Lipinski definition) is 2. The number of rotatable bonds is 3. The summed E-state index contributed by atoms with van der Waals surface area (Å²) in [5, 5.41) is 0. The molecular formula is C20H21F2N3. The first-order valence-corrected chi connectivity index (χ1v) is 8.70. The Morgan fingerprint density at radius 2 is 1.72 bits per heavy atom. The summed E-state index contributed by atoms with van der Waals surface area (Å²) in [6.07, 6.45) is 1.86. The van der Waals surface area contributed by atoms with Crippen LogP contribution in [0.5, 0.6) is 0 Å². The van der Waals surface area contributed by atoms with Crippen molar-refractivity contribution in [3.63, 3.8) is 0 Å². The largest absolute Gasteiger partial charge is 0.330 e.